The minimum atomic E-state index is -0.600. The Morgan fingerprint density at radius 1 is 1.38 bits per heavy atom. The van der Waals surface area contributed by atoms with E-state index in [4.69, 9.17) is 5.73 Å². The molecule has 9 heteroatoms. The largest absolute Gasteiger partial charge is 0.466 e. The first kappa shape index (κ1) is 16.1. The van der Waals surface area contributed by atoms with Crippen LogP contribution in [0.25, 0.3) is 0 Å². The molecule has 0 bridgehead atoms. The third-order valence-electron chi connectivity index (χ3n) is 2.27. The molecule has 0 aromatic heterocycles. The fourth-order valence-electron chi connectivity index (χ4n) is 1.32. The molecule has 0 saturated heterocycles. The summed E-state index contributed by atoms with van der Waals surface area (Å²) in [5, 5.41) is 14.0. The summed E-state index contributed by atoms with van der Waals surface area (Å²) in [6, 6.07) is 4.95. The van der Waals surface area contributed by atoms with Crippen molar-refractivity contribution in [3.05, 3.63) is 39.9 Å². The van der Waals surface area contributed by atoms with Crippen molar-refractivity contribution < 1.29 is 19.2 Å². The van der Waals surface area contributed by atoms with Gasteiger partial charge in [-0.2, -0.15) is 5.10 Å². The molecule has 0 aliphatic carbocycles. The van der Waals surface area contributed by atoms with Crippen LogP contribution in [-0.2, 0) is 9.53 Å². The van der Waals surface area contributed by atoms with Crippen LogP contribution in [0.15, 0.2) is 29.4 Å². The molecular formula is C12H14N4O5. The Kier molecular flexibility index (Phi) is 5.80. The summed E-state index contributed by atoms with van der Waals surface area (Å²) >= 11 is 0. The van der Waals surface area contributed by atoms with Crippen molar-refractivity contribution in [1.29, 1.82) is 0 Å². The molecule has 1 amide bonds. The topological polar surface area (TPSA) is 137 Å². The summed E-state index contributed by atoms with van der Waals surface area (Å²) in [7, 11) is 0. The smallest absolute Gasteiger partial charge is 0.313 e. The Morgan fingerprint density at radius 2 is 2.00 bits per heavy atom. The van der Waals surface area contributed by atoms with Gasteiger partial charge in [0.1, 0.15) is 12.3 Å². The minimum Gasteiger partial charge on any atom is -0.466 e. The number of nitrogens with one attached hydrogen (secondary N) is 1. The van der Waals surface area contributed by atoms with Crippen molar-refractivity contribution in [2.45, 2.75) is 13.3 Å². The second-order valence-corrected chi connectivity index (χ2v) is 3.83. The average Bonchev–Trinajstić information content (AvgIpc) is 2.45. The van der Waals surface area contributed by atoms with Crippen LogP contribution in [0.2, 0.25) is 0 Å². The van der Waals surface area contributed by atoms with E-state index >= 15 is 0 Å². The number of carbonyl (C=O) groups is 2. The Morgan fingerprint density at radius 3 is 2.52 bits per heavy atom. The van der Waals surface area contributed by atoms with E-state index in [-0.39, 0.29) is 30.1 Å². The number of amides is 1. The van der Waals surface area contributed by atoms with Crippen LogP contribution in [-0.4, -0.2) is 29.2 Å². The molecule has 0 atom stereocenters. The molecule has 0 saturated carbocycles. The lowest BCUT2D eigenvalue weighted by Gasteiger charge is -2.03. The second-order valence-electron chi connectivity index (χ2n) is 3.83. The van der Waals surface area contributed by atoms with Gasteiger partial charge in [-0.1, -0.05) is 0 Å². The predicted octanol–water partition coefficient (Wildman–Crippen LogP) is 0.550. The predicted molar refractivity (Wildman–Crippen MR) is 73.4 cm³/mol. The number of rotatable bonds is 6. The van der Waals surface area contributed by atoms with Crippen molar-refractivity contribution in [1.82, 2.24) is 5.43 Å². The van der Waals surface area contributed by atoms with Gasteiger partial charge < -0.3 is 10.5 Å². The molecule has 1 aromatic rings. The zero-order valence-corrected chi connectivity index (χ0v) is 11.2. The molecule has 0 aliphatic rings. The molecule has 3 N–H and O–H groups in total. The monoisotopic (exact) mass is 294 g/mol. The first-order valence-electron chi connectivity index (χ1n) is 5.96. The van der Waals surface area contributed by atoms with Gasteiger partial charge in [0.15, 0.2) is 0 Å². The van der Waals surface area contributed by atoms with Crippen LogP contribution < -0.4 is 11.2 Å². The Labute approximate surface area is 119 Å². The summed E-state index contributed by atoms with van der Waals surface area (Å²) in [5.74, 6) is -1.26. The molecule has 1 rings (SSSR count). The molecule has 9 nitrogen and oxygen atoms in total. The van der Waals surface area contributed by atoms with Crippen LogP contribution in [0, 0.1) is 10.1 Å². The molecule has 112 valence electrons. The van der Waals surface area contributed by atoms with Crippen LogP contribution >= 0.6 is 0 Å². The highest BCUT2D eigenvalue weighted by atomic mass is 16.6. The van der Waals surface area contributed by atoms with Crippen molar-refractivity contribution in [2.24, 2.45) is 10.8 Å². The minimum absolute atomic E-state index is 0.108. The molecule has 0 aliphatic heterocycles. The number of nitro groups is 1. The van der Waals surface area contributed by atoms with E-state index < -0.39 is 16.8 Å². The third-order valence-corrected chi connectivity index (χ3v) is 2.27. The maximum atomic E-state index is 11.7. The van der Waals surface area contributed by atoms with E-state index in [9.17, 15) is 19.7 Å². The van der Waals surface area contributed by atoms with Gasteiger partial charge in [0.05, 0.1) is 11.5 Å². The maximum absolute atomic E-state index is 11.7. The van der Waals surface area contributed by atoms with E-state index in [1.165, 1.54) is 24.3 Å². The first-order valence-corrected chi connectivity index (χ1v) is 5.96. The van der Waals surface area contributed by atoms with Crippen molar-refractivity contribution in [3.8, 4) is 0 Å². The summed E-state index contributed by atoms with van der Waals surface area (Å²) in [6.45, 7) is 1.88. The summed E-state index contributed by atoms with van der Waals surface area (Å²) in [5.41, 5.74) is 7.63. The number of hydrogen-bond acceptors (Lipinski definition) is 6. The average molecular weight is 294 g/mol. The lowest BCUT2D eigenvalue weighted by atomic mass is 10.2. The lowest BCUT2D eigenvalue weighted by molar-refractivity contribution is -0.384. The highest BCUT2D eigenvalue weighted by Crippen LogP contribution is 2.11. The number of nitrogens with two attached hydrogens (primary N) is 1. The van der Waals surface area contributed by atoms with Crippen LogP contribution in [0.1, 0.15) is 23.7 Å². The van der Waals surface area contributed by atoms with Crippen molar-refractivity contribution in [2.75, 3.05) is 6.61 Å². The number of benzene rings is 1. The zero-order chi connectivity index (χ0) is 15.8. The van der Waals surface area contributed by atoms with Gasteiger partial charge >= 0.3 is 5.97 Å². The highest BCUT2D eigenvalue weighted by molar-refractivity contribution is 5.99. The van der Waals surface area contributed by atoms with E-state index in [1.807, 2.05) is 0 Å². The van der Waals surface area contributed by atoms with Crippen LogP contribution in [0.5, 0.6) is 0 Å². The standard InChI is InChI=1S/C12H14N4O5/c1-2-21-11(17)7-10(13)14-15-12(18)8-3-5-9(6-4-8)16(19)20/h3-6H,2,7H2,1H3,(H2,13,14)(H,15,18). The maximum Gasteiger partial charge on any atom is 0.313 e. The zero-order valence-electron chi connectivity index (χ0n) is 11.2. The number of amidine groups is 1. The molecule has 0 fully saturated rings. The van der Waals surface area contributed by atoms with E-state index in [0.29, 0.717) is 0 Å². The van der Waals surface area contributed by atoms with Crippen LogP contribution in [0.3, 0.4) is 0 Å². The fourth-order valence-corrected chi connectivity index (χ4v) is 1.32. The second kappa shape index (κ2) is 7.58. The normalized spacial score (nSPS) is 10.8. The third kappa shape index (κ3) is 5.27. The molecule has 1 aromatic carbocycles. The number of ether oxygens (including phenoxy) is 1. The summed E-state index contributed by atoms with van der Waals surface area (Å²) < 4.78 is 4.66. The SMILES string of the molecule is CCOC(=O)C/C(N)=N/NC(=O)c1ccc([N+](=O)[O-])cc1. The van der Waals surface area contributed by atoms with Gasteiger partial charge in [-0.25, -0.2) is 5.43 Å². The summed E-state index contributed by atoms with van der Waals surface area (Å²) in [6.07, 6.45) is -0.242. The molecule has 0 unspecified atom stereocenters. The van der Waals surface area contributed by atoms with Crippen molar-refractivity contribution in [3.63, 3.8) is 0 Å². The number of esters is 1. The van der Waals surface area contributed by atoms with Gasteiger partial charge in [-0.15, -0.1) is 0 Å². The van der Waals surface area contributed by atoms with E-state index in [2.05, 4.69) is 15.3 Å². The molecule has 0 radical (unpaired) electrons. The Bertz CT molecular complexity index is 568. The number of carbonyl (C=O) groups excluding carboxylic acids is 2. The van der Waals surface area contributed by atoms with E-state index in [1.54, 1.807) is 6.92 Å². The van der Waals surface area contributed by atoms with Gasteiger partial charge in [0.2, 0.25) is 0 Å². The van der Waals surface area contributed by atoms with Crippen molar-refractivity contribution >= 4 is 23.4 Å². The van der Waals surface area contributed by atoms with Gasteiger partial charge in [-0.3, -0.25) is 19.7 Å². The van der Waals surface area contributed by atoms with E-state index in [0.717, 1.165) is 0 Å². The highest BCUT2D eigenvalue weighted by Gasteiger charge is 2.10. The quantitative estimate of drug-likeness (QED) is 0.258. The van der Waals surface area contributed by atoms with Gasteiger partial charge in [-0.05, 0) is 19.1 Å². The summed E-state index contributed by atoms with van der Waals surface area (Å²) in [4.78, 5) is 32.7. The molecule has 0 heterocycles. The molecule has 21 heavy (non-hydrogen) atoms. The number of hydrazone groups is 1. The first-order chi connectivity index (χ1) is 9.93. The molecule has 0 spiro atoms. The number of nitrogens with zero attached hydrogens (tertiary/aromatic N) is 2. The Balaban J connectivity index is 2.60. The Hall–Kier alpha value is -2.97. The van der Waals surface area contributed by atoms with Gasteiger partial charge in [0, 0.05) is 17.7 Å². The molecular weight excluding hydrogens is 280 g/mol. The number of nitro benzene ring substituents is 1. The fraction of sp³-hybridized carbons (Fsp3) is 0.250. The van der Waals surface area contributed by atoms with Crippen LogP contribution in [0.4, 0.5) is 5.69 Å². The lowest BCUT2D eigenvalue weighted by Crippen LogP contribution is -2.25. The van der Waals surface area contributed by atoms with Gasteiger partial charge in [0.25, 0.3) is 11.6 Å². The number of non-ortho nitro benzene ring substituents is 1. The number of hydrogen-bond donors (Lipinski definition) is 2.